The molecule has 0 aliphatic carbocycles. The van der Waals surface area contributed by atoms with Crippen molar-refractivity contribution in [3.8, 4) is 0 Å². The first-order valence-corrected chi connectivity index (χ1v) is 8.56. The summed E-state index contributed by atoms with van der Waals surface area (Å²) in [6.45, 7) is 10.4. The first-order valence-electron chi connectivity index (χ1n) is 8.56. The largest absolute Gasteiger partial charge is 0.103 e. The first kappa shape index (κ1) is 19.2. The summed E-state index contributed by atoms with van der Waals surface area (Å²) in [6.07, 6.45) is 21.4. The lowest BCUT2D eigenvalue weighted by Gasteiger charge is -2.01. The first-order chi connectivity index (χ1) is 9.66. The molecule has 116 valence electrons. The van der Waals surface area contributed by atoms with Gasteiger partial charge < -0.3 is 0 Å². The molecule has 0 aliphatic heterocycles. The Kier molecular flexibility index (Phi) is 14.1. The quantitative estimate of drug-likeness (QED) is 0.243. The Bertz CT molecular complexity index is 276. The molecule has 0 nitrogen and oxygen atoms in total. The molecule has 0 aromatic rings. The van der Waals surface area contributed by atoms with Gasteiger partial charge in [-0.05, 0) is 59.3 Å². The minimum absolute atomic E-state index is 1.19. The highest BCUT2D eigenvalue weighted by Gasteiger charge is 1.92. The molecule has 0 fully saturated rings. The minimum atomic E-state index is 1.19. The van der Waals surface area contributed by atoms with Gasteiger partial charge in [0, 0.05) is 0 Å². The Morgan fingerprint density at radius 1 is 0.700 bits per heavy atom. The lowest BCUT2D eigenvalue weighted by molar-refractivity contribution is 0.583. The molecule has 0 N–H and O–H groups in total. The molecular formula is C20H36. The maximum Gasteiger partial charge on any atom is -0.0288 e. The van der Waals surface area contributed by atoms with Crippen LogP contribution >= 0.6 is 0 Å². The summed E-state index contributed by atoms with van der Waals surface area (Å²) in [5, 5.41) is 0. The van der Waals surface area contributed by atoms with Crippen LogP contribution in [0.5, 0.6) is 0 Å². The van der Waals surface area contributed by atoms with Crippen molar-refractivity contribution >= 4 is 0 Å². The van der Waals surface area contributed by atoms with Gasteiger partial charge in [-0.25, -0.2) is 0 Å². The van der Waals surface area contributed by atoms with E-state index < -0.39 is 0 Å². The third kappa shape index (κ3) is 15.3. The van der Waals surface area contributed by atoms with Gasteiger partial charge in [0.2, 0.25) is 0 Å². The molecule has 0 aromatic heterocycles. The van der Waals surface area contributed by atoms with Crippen molar-refractivity contribution in [1.82, 2.24) is 0 Å². The van der Waals surface area contributed by atoms with E-state index in [9.17, 15) is 0 Å². The Balaban J connectivity index is 3.33. The number of hydrogen-bond donors (Lipinski definition) is 0. The predicted molar refractivity (Wildman–Crippen MR) is 94.2 cm³/mol. The predicted octanol–water partition coefficient (Wildman–Crippen LogP) is 7.38. The number of hydrogen-bond acceptors (Lipinski definition) is 0. The normalized spacial score (nSPS) is 11.4. The van der Waals surface area contributed by atoms with E-state index in [1.165, 1.54) is 76.2 Å². The molecule has 0 aromatic carbocycles. The van der Waals surface area contributed by atoms with Gasteiger partial charge in [-0.1, -0.05) is 61.5 Å². The molecule has 0 spiro atoms. The molecule has 0 amide bonds. The molecule has 0 radical (unpaired) electrons. The smallest absolute Gasteiger partial charge is 0.0288 e. The average molecular weight is 277 g/mol. The van der Waals surface area contributed by atoms with Crippen LogP contribution in [0.4, 0.5) is 0 Å². The van der Waals surface area contributed by atoms with Crippen LogP contribution in [0.1, 0.15) is 91.4 Å². The summed E-state index contributed by atoms with van der Waals surface area (Å²) in [5.41, 5.74) is 3.00. The van der Waals surface area contributed by atoms with Crippen molar-refractivity contribution in [2.24, 2.45) is 0 Å². The van der Waals surface area contributed by atoms with Crippen LogP contribution in [0.15, 0.2) is 36.0 Å². The molecule has 0 aliphatic rings. The van der Waals surface area contributed by atoms with Gasteiger partial charge >= 0.3 is 0 Å². The third-order valence-corrected chi connectivity index (χ3v) is 3.70. The standard InChI is InChI=1S/C20H36/c1-5-6-7-8-9-10-11-12-13-14-17-20(4)18-15-16-19(2)3/h5,16-17H,1,6-15,18H2,2-4H3. The fourth-order valence-corrected chi connectivity index (χ4v) is 2.36. The zero-order valence-electron chi connectivity index (χ0n) is 14.2. The van der Waals surface area contributed by atoms with Crippen molar-refractivity contribution in [1.29, 1.82) is 0 Å². The minimum Gasteiger partial charge on any atom is -0.103 e. The van der Waals surface area contributed by atoms with E-state index in [-0.39, 0.29) is 0 Å². The van der Waals surface area contributed by atoms with Crippen LogP contribution in [0.25, 0.3) is 0 Å². The maximum atomic E-state index is 3.76. The zero-order valence-corrected chi connectivity index (χ0v) is 14.2. The molecule has 20 heavy (non-hydrogen) atoms. The van der Waals surface area contributed by atoms with Crippen molar-refractivity contribution < 1.29 is 0 Å². The second-order valence-electron chi connectivity index (χ2n) is 6.21. The summed E-state index contributed by atoms with van der Waals surface area (Å²) in [7, 11) is 0. The fourth-order valence-electron chi connectivity index (χ4n) is 2.36. The van der Waals surface area contributed by atoms with Crippen molar-refractivity contribution in [2.75, 3.05) is 0 Å². The molecular weight excluding hydrogens is 240 g/mol. The van der Waals surface area contributed by atoms with E-state index in [0.29, 0.717) is 0 Å². The highest BCUT2D eigenvalue weighted by atomic mass is 14.0. The van der Waals surface area contributed by atoms with Gasteiger partial charge in [-0.3, -0.25) is 0 Å². The van der Waals surface area contributed by atoms with Gasteiger partial charge in [-0.2, -0.15) is 0 Å². The molecule has 0 heterocycles. The average Bonchev–Trinajstić information content (AvgIpc) is 2.40. The van der Waals surface area contributed by atoms with E-state index >= 15 is 0 Å². The van der Waals surface area contributed by atoms with Crippen LogP contribution < -0.4 is 0 Å². The van der Waals surface area contributed by atoms with E-state index in [2.05, 4.69) is 39.5 Å². The van der Waals surface area contributed by atoms with Crippen molar-refractivity contribution in [3.05, 3.63) is 36.0 Å². The molecule has 0 heteroatoms. The molecule has 0 bridgehead atoms. The summed E-state index contributed by atoms with van der Waals surface area (Å²) in [4.78, 5) is 0. The molecule has 0 rings (SSSR count). The second-order valence-corrected chi connectivity index (χ2v) is 6.21. The lowest BCUT2D eigenvalue weighted by atomic mass is 10.1. The molecule has 0 unspecified atom stereocenters. The van der Waals surface area contributed by atoms with E-state index in [1.807, 2.05) is 6.08 Å². The summed E-state index contributed by atoms with van der Waals surface area (Å²) in [5.74, 6) is 0. The number of rotatable bonds is 13. The molecule has 0 saturated carbocycles. The maximum absolute atomic E-state index is 3.76. The Morgan fingerprint density at radius 3 is 1.80 bits per heavy atom. The van der Waals surface area contributed by atoms with Gasteiger partial charge in [0.1, 0.15) is 0 Å². The van der Waals surface area contributed by atoms with E-state index in [0.717, 1.165) is 0 Å². The molecule has 0 atom stereocenters. The summed E-state index contributed by atoms with van der Waals surface area (Å²) >= 11 is 0. The SMILES string of the molecule is C=CCCCCCCCCCC=C(C)CCC=C(C)C. The number of unbranched alkanes of at least 4 members (excludes halogenated alkanes) is 8. The number of allylic oxidation sites excluding steroid dienone is 5. The summed E-state index contributed by atoms with van der Waals surface area (Å²) in [6, 6.07) is 0. The van der Waals surface area contributed by atoms with E-state index in [1.54, 1.807) is 5.57 Å². The monoisotopic (exact) mass is 276 g/mol. The van der Waals surface area contributed by atoms with Crippen LogP contribution in [0.2, 0.25) is 0 Å². The highest BCUT2D eigenvalue weighted by molar-refractivity contribution is 5.01. The van der Waals surface area contributed by atoms with Gasteiger partial charge in [0.05, 0.1) is 0 Å². The Hall–Kier alpha value is -0.780. The van der Waals surface area contributed by atoms with Crippen LogP contribution in [-0.4, -0.2) is 0 Å². The van der Waals surface area contributed by atoms with Gasteiger partial charge in [-0.15, -0.1) is 6.58 Å². The van der Waals surface area contributed by atoms with E-state index in [4.69, 9.17) is 0 Å². The third-order valence-electron chi connectivity index (χ3n) is 3.70. The van der Waals surface area contributed by atoms with Gasteiger partial charge in [0.15, 0.2) is 0 Å². The van der Waals surface area contributed by atoms with Crippen molar-refractivity contribution in [3.63, 3.8) is 0 Å². The lowest BCUT2D eigenvalue weighted by Crippen LogP contribution is -1.81. The topological polar surface area (TPSA) is 0 Å². The second kappa shape index (κ2) is 14.6. The molecule has 0 saturated heterocycles. The van der Waals surface area contributed by atoms with Crippen molar-refractivity contribution in [2.45, 2.75) is 91.4 Å². The Labute approximate surface area is 128 Å². The van der Waals surface area contributed by atoms with Crippen LogP contribution in [0, 0.1) is 0 Å². The summed E-state index contributed by atoms with van der Waals surface area (Å²) < 4.78 is 0. The van der Waals surface area contributed by atoms with Gasteiger partial charge in [0.25, 0.3) is 0 Å². The fraction of sp³-hybridized carbons (Fsp3) is 0.700. The highest BCUT2D eigenvalue weighted by Crippen LogP contribution is 2.12. The Morgan fingerprint density at radius 2 is 1.25 bits per heavy atom. The van der Waals surface area contributed by atoms with Crippen LogP contribution in [0.3, 0.4) is 0 Å². The zero-order chi connectivity index (χ0) is 15.1. The van der Waals surface area contributed by atoms with Crippen LogP contribution in [-0.2, 0) is 0 Å².